The standard InChI is InChI=1S/C15H12ClN3O2S2/c1-10-8-13(6-7-14(10)16)23(20,21)12-4-2-11(3-5-12)19-9-17-18-15(19)22/h2-9H,1H3,(H,18,22). The van der Waals surface area contributed by atoms with Crippen molar-refractivity contribution in [3.8, 4) is 5.69 Å². The van der Waals surface area contributed by atoms with Gasteiger partial charge in [0, 0.05) is 10.7 Å². The van der Waals surface area contributed by atoms with Gasteiger partial charge < -0.3 is 0 Å². The van der Waals surface area contributed by atoms with E-state index < -0.39 is 9.84 Å². The summed E-state index contributed by atoms with van der Waals surface area (Å²) in [4.78, 5) is 0.421. The summed E-state index contributed by atoms with van der Waals surface area (Å²) in [6.45, 7) is 1.77. The highest BCUT2D eigenvalue weighted by molar-refractivity contribution is 7.91. The molecule has 0 atom stereocenters. The van der Waals surface area contributed by atoms with Gasteiger partial charge in [0.05, 0.1) is 9.79 Å². The van der Waals surface area contributed by atoms with Crippen LogP contribution in [-0.2, 0) is 9.84 Å². The molecular formula is C15H12ClN3O2S2. The molecule has 5 nitrogen and oxygen atoms in total. The van der Waals surface area contributed by atoms with E-state index in [9.17, 15) is 8.42 Å². The van der Waals surface area contributed by atoms with Crippen LogP contribution in [0.25, 0.3) is 5.69 Å². The Hall–Kier alpha value is -1.96. The maximum atomic E-state index is 12.7. The minimum absolute atomic E-state index is 0.206. The van der Waals surface area contributed by atoms with Crippen LogP contribution in [-0.4, -0.2) is 23.2 Å². The van der Waals surface area contributed by atoms with Crippen LogP contribution in [0.1, 0.15) is 5.56 Å². The highest BCUT2D eigenvalue weighted by Gasteiger charge is 2.18. The van der Waals surface area contributed by atoms with E-state index in [2.05, 4.69) is 10.2 Å². The molecule has 0 bridgehead atoms. The van der Waals surface area contributed by atoms with Crippen molar-refractivity contribution in [2.24, 2.45) is 0 Å². The predicted molar refractivity (Wildman–Crippen MR) is 90.4 cm³/mol. The molecule has 23 heavy (non-hydrogen) atoms. The summed E-state index contributed by atoms with van der Waals surface area (Å²) < 4.78 is 27.4. The largest absolute Gasteiger partial charge is 0.275 e. The summed E-state index contributed by atoms with van der Waals surface area (Å²) in [5, 5.41) is 7.02. The van der Waals surface area contributed by atoms with Gasteiger partial charge in [-0.1, -0.05) is 11.6 Å². The highest BCUT2D eigenvalue weighted by Crippen LogP contribution is 2.25. The first kappa shape index (κ1) is 15.9. The molecule has 0 aliphatic carbocycles. The first-order valence-corrected chi connectivity index (χ1v) is 8.90. The first-order valence-electron chi connectivity index (χ1n) is 6.63. The molecule has 0 unspecified atom stereocenters. The van der Waals surface area contributed by atoms with Crippen LogP contribution >= 0.6 is 23.8 Å². The van der Waals surface area contributed by atoms with Crippen LogP contribution in [0.15, 0.2) is 58.6 Å². The molecule has 0 saturated heterocycles. The van der Waals surface area contributed by atoms with E-state index in [1.807, 2.05) is 0 Å². The number of aromatic nitrogens is 3. The van der Waals surface area contributed by atoms with Gasteiger partial charge in [0.15, 0.2) is 4.77 Å². The lowest BCUT2D eigenvalue weighted by atomic mass is 10.2. The van der Waals surface area contributed by atoms with Crippen LogP contribution in [0.3, 0.4) is 0 Å². The lowest BCUT2D eigenvalue weighted by Crippen LogP contribution is -2.03. The van der Waals surface area contributed by atoms with Gasteiger partial charge in [0.1, 0.15) is 6.33 Å². The molecule has 8 heteroatoms. The molecule has 0 amide bonds. The maximum Gasteiger partial charge on any atom is 0.206 e. The monoisotopic (exact) mass is 365 g/mol. The molecular weight excluding hydrogens is 354 g/mol. The zero-order chi connectivity index (χ0) is 16.6. The summed E-state index contributed by atoms with van der Waals surface area (Å²) >= 11 is 11.0. The Morgan fingerprint density at radius 1 is 1.13 bits per heavy atom. The van der Waals surface area contributed by atoms with Gasteiger partial charge in [-0.25, -0.2) is 8.42 Å². The summed E-state index contributed by atoms with van der Waals surface area (Å²) in [7, 11) is -3.59. The molecule has 0 spiro atoms. The maximum absolute atomic E-state index is 12.7. The Kier molecular flexibility index (Phi) is 4.09. The highest BCUT2D eigenvalue weighted by atomic mass is 35.5. The number of nitrogens with zero attached hydrogens (tertiary/aromatic N) is 2. The molecule has 0 radical (unpaired) electrons. The van der Waals surface area contributed by atoms with Gasteiger partial charge in [0.2, 0.25) is 9.84 Å². The third-order valence-corrected chi connectivity index (χ3v) is 5.90. The summed E-state index contributed by atoms with van der Waals surface area (Å²) in [5.41, 5.74) is 1.45. The number of H-pyrrole nitrogens is 1. The van der Waals surface area contributed by atoms with Gasteiger partial charge in [-0.3, -0.25) is 9.67 Å². The number of nitrogens with one attached hydrogen (secondary N) is 1. The van der Waals surface area contributed by atoms with Crippen molar-refractivity contribution in [3.63, 3.8) is 0 Å². The predicted octanol–water partition coefficient (Wildman–Crippen LogP) is 3.72. The molecule has 0 aliphatic heterocycles. The Labute approximate surface area is 143 Å². The number of hydrogen-bond acceptors (Lipinski definition) is 4. The quantitative estimate of drug-likeness (QED) is 0.718. The zero-order valence-electron chi connectivity index (χ0n) is 12.0. The Bertz CT molecular complexity index is 1020. The number of halogens is 1. The summed E-state index contributed by atoms with van der Waals surface area (Å²) in [6, 6.07) is 11.1. The smallest absolute Gasteiger partial charge is 0.206 e. The molecule has 1 heterocycles. The Morgan fingerprint density at radius 2 is 1.78 bits per heavy atom. The van der Waals surface area contributed by atoms with Crippen molar-refractivity contribution in [1.29, 1.82) is 0 Å². The lowest BCUT2D eigenvalue weighted by molar-refractivity contribution is 0.596. The average molecular weight is 366 g/mol. The Balaban J connectivity index is 2.02. The van der Waals surface area contributed by atoms with Gasteiger partial charge in [-0.15, -0.1) is 0 Å². The van der Waals surface area contributed by atoms with Gasteiger partial charge in [-0.05, 0) is 67.2 Å². The van der Waals surface area contributed by atoms with Crippen LogP contribution in [0, 0.1) is 11.7 Å². The van der Waals surface area contributed by atoms with Crippen molar-refractivity contribution in [3.05, 3.63) is 64.1 Å². The molecule has 0 aliphatic rings. The topological polar surface area (TPSA) is 67.8 Å². The van der Waals surface area contributed by atoms with E-state index in [0.717, 1.165) is 5.69 Å². The zero-order valence-corrected chi connectivity index (χ0v) is 14.4. The number of sulfone groups is 1. The van der Waals surface area contributed by atoms with Crippen molar-refractivity contribution >= 4 is 33.7 Å². The summed E-state index contributed by atoms with van der Waals surface area (Å²) in [6.07, 6.45) is 1.54. The number of aromatic amines is 1. The SMILES string of the molecule is Cc1cc(S(=O)(=O)c2ccc(-n3cn[nH]c3=S)cc2)ccc1Cl. The van der Waals surface area contributed by atoms with Crippen molar-refractivity contribution < 1.29 is 8.42 Å². The van der Waals surface area contributed by atoms with Crippen LogP contribution in [0.2, 0.25) is 5.02 Å². The van der Waals surface area contributed by atoms with Crippen LogP contribution < -0.4 is 0 Å². The number of hydrogen-bond donors (Lipinski definition) is 1. The second kappa shape index (κ2) is 5.92. The summed E-state index contributed by atoms with van der Waals surface area (Å²) in [5.74, 6) is 0. The second-order valence-electron chi connectivity index (χ2n) is 4.94. The number of rotatable bonds is 3. The average Bonchev–Trinajstić information content (AvgIpc) is 2.96. The fourth-order valence-corrected chi connectivity index (χ4v) is 3.81. The lowest BCUT2D eigenvalue weighted by Gasteiger charge is -2.08. The fraction of sp³-hybridized carbons (Fsp3) is 0.0667. The molecule has 3 aromatic rings. The van der Waals surface area contributed by atoms with E-state index in [1.165, 1.54) is 12.4 Å². The van der Waals surface area contributed by atoms with E-state index in [4.69, 9.17) is 23.8 Å². The number of aryl methyl sites for hydroxylation is 1. The molecule has 118 valence electrons. The minimum Gasteiger partial charge on any atom is -0.275 e. The van der Waals surface area contributed by atoms with Gasteiger partial charge >= 0.3 is 0 Å². The minimum atomic E-state index is -3.59. The number of benzene rings is 2. The molecule has 1 aromatic heterocycles. The Morgan fingerprint density at radius 3 is 2.35 bits per heavy atom. The molecule has 3 rings (SSSR count). The first-order chi connectivity index (χ1) is 10.9. The molecule has 0 fully saturated rings. The van der Waals surface area contributed by atoms with Gasteiger partial charge in [0.25, 0.3) is 0 Å². The fourth-order valence-electron chi connectivity index (χ4n) is 2.14. The van der Waals surface area contributed by atoms with E-state index >= 15 is 0 Å². The molecule has 1 N–H and O–H groups in total. The van der Waals surface area contributed by atoms with E-state index in [1.54, 1.807) is 47.9 Å². The van der Waals surface area contributed by atoms with Crippen LogP contribution in [0.4, 0.5) is 0 Å². The molecule has 2 aromatic carbocycles. The van der Waals surface area contributed by atoms with Gasteiger partial charge in [-0.2, -0.15) is 5.10 Å². The normalized spacial score (nSPS) is 11.6. The third kappa shape index (κ3) is 2.95. The molecule has 0 saturated carbocycles. The van der Waals surface area contributed by atoms with Crippen molar-refractivity contribution in [1.82, 2.24) is 14.8 Å². The van der Waals surface area contributed by atoms with Crippen molar-refractivity contribution in [2.45, 2.75) is 16.7 Å². The van der Waals surface area contributed by atoms with E-state index in [-0.39, 0.29) is 9.79 Å². The van der Waals surface area contributed by atoms with Crippen LogP contribution in [0.5, 0.6) is 0 Å². The second-order valence-corrected chi connectivity index (χ2v) is 7.68. The third-order valence-electron chi connectivity index (χ3n) is 3.42. The van der Waals surface area contributed by atoms with E-state index in [0.29, 0.717) is 15.4 Å². The van der Waals surface area contributed by atoms with Crippen molar-refractivity contribution in [2.75, 3.05) is 0 Å².